The summed E-state index contributed by atoms with van der Waals surface area (Å²) in [6, 6.07) is 14.9. The fourth-order valence-electron chi connectivity index (χ4n) is 2.65. The summed E-state index contributed by atoms with van der Waals surface area (Å²) in [4.78, 5) is 3.50. The molecule has 0 fully saturated rings. The maximum atomic E-state index is 5.48. The van der Waals surface area contributed by atoms with Crippen LogP contribution in [-0.2, 0) is 0 Å². The van der Waals surface area contributed by atoms with E-state index in [1.807, 2.05) is 19.1 Å². The Morgan fingerprint density at radius 3 is 2.45 bits per heavy atom. The summed E-state index contributed by atoms with van der Waals surface area (Å²) in [7, 11) is 0. The molecule has 3 aromatic rings. The molecule has 0 aliphatic rings. The summed E-state index contributed by atoms with van der Waals surface area (Å²) in [5.41, 5.74) is 6.13. The molecule has 1 N–H and O–H groups in total. The lowest BCUT2D eigenvalue weighted by Crippen LogP contribution is -1.90. The first-order valence-corrected chi connectivity index (χ1v) is 7.00. The Bertz CT molecular complexity index is 738. The smallest absolute Gasteiger partial charge is 0.119 e. The Balaban J connectivity index is 2.03. The van der Waals surface area contributed by atoms with Gasteiger partial charge in [-0.15, -0.1) is 0 Å². The van der Waals surface area contributed by atoms with Crippen LogP contribution in [0, 0.1) is 13.8 Å². The van der Waals surface area contributed by atoms with Crippen molar-refractivity contribution in [2.75, 3.05) is 6.61 Å². The van der Waals surface area contributed by atoms with Crippen LogP contribution in [0.5, 0.6) is 5.75 Å². The van der Waals surface area contributed by atoms with Crippen molar-refractivity contribution in [2.45, 2.75) is 20.8 Å². The Kier molecular flexibility index (Phi) is 3.23. The number of H-pyrrole nitrogens is 1. The van der Waals surface area contributed by atoms with Crippen LogP contribution in [0.25, 0.3) is 22.2 Å². The minimum atomic E-state index is 0.699. The number of benzene rings is 2. The Hall–Kier alpha value is -2.22. The van der Waals surface area contributed by atoms with Gasteiger partial charge in [-0.1, -0.05) is 6.07 Å². The van der Waals surface area contributed by atoms with Crippen molar-refractivity contribution in [3.05, 3.63) is 53.6 Å². The van der Waals surface area contributed by atoms with Crippen molar-refractivity contribution in [1.82, 2.24) is 4.98 Å². The molecule has 0 saturated carbocycles. The largest absolute Gasteiger partial charge is 0.494 e. The molecule has 0 aliphatic carbocycles. The number of aromatic nitrogens is 1. The molecule has 0 atom stereocenters. The molecule has 0 amide bonds. The molecule has 102 valence electrons. The van der Waals surface area contributed by atoms with Crippen molar-refractivity contribution in [2.24, 2.45) is 0 Å². The normalized spacial score (nSPS) is 10.9. The molecule has 0 bridgehead atoms. The van der Waals surface area contributed by atoms with E-state index < -0.39 is 0 Å². The van der Waals surface area contributed by atoms with E-state index in [4.69, 9.17) is 4.74 Å². The van der Waals surface area contributed by atoms with Gasteiger partial charge in [0, 0.05) is 16.6 Å². The number of nitrogens with one attached hydrogen (secondary N) is 1. The van der Waals surface area contributed by atoms with Crippen molar-refractivity contribution >= 4 is 10.9 Å². The van der Waals surface area contributed by atoms with Gasteiger partial charge in [0.25, 0.3) is 0 Å². The molecular weight excluding hydrogens is 246 g/mol. The van der Waals surface area contributed by atoms with E-state index in [9.17, 15) is 0 Å². The maximum Gasteiger partial charge on any atom is 0.119 e. The number of aromatic amines is 1. The zero-order chi connectivity index (χ0) is 14.1. The highest BCUT2D eigenvalue weighted by molar-refractivity contribution is 5.89. The highest BCUT2D eigenvalue weighted by Crippen LogP contribution is 2.28. The Morgan fingerprint density at radius 1 is 1.00 bits per heavy atom. The van der Waals surface area contributed by atoms with E-state index in [-0.39, 0.29) is 0 Å². The lowest BCUT2D eigenvalue weighted by atomic mass is 10.1. The van der Waals surface area contributed by atoms with Gasteiger partial charge < -0.3 is 9.72 Å². The minimum absolute atomic E-state index is 0.699. The SMILES string of the molecule is CCOc1ccc(-c2cc3c(C)cc(C)cc3[nH]2)cc1. The second kappa shape index (κ2) is 5.04. The first-order valence-electron chi connectivity index (χ1n) is 7.00. The van der Waals surface area contributed by atoms with Gasteiger partial charge in [0.2, 0.25) is 0 Å². The standard InChI is InChI=1S/C18H19NO/c1-4-20-15-7-5-14(6-8-15)17-11-16-13(3)9-12(2)10-18(16)19-17/h5-11,19H,4H2,1-3H3. The average molecular weight is 265 g/mol. The van der Waals surface area contributed by atoms with E-state index in [0.717, 1.165) is 11.4 Å². The van der Waals surface area contributed by atoms with Crippen molar-refractivity contribution in [3.8, 4) is 17.0 Å². The molecule has 2 nitrogen and oxygen atoms in total. The van der Waals surface area contributed by atoms with Crippen molar-refractivity contribution in [1.29, 1.82) is 0 Å². The van der Waals surface area contributed by atoms with Crippen LogP contribution >= 0.6 is 0 Å². The van der Waals surface area contributed by atoms with Gasteiger partial charge in [-0.2, -0.15) is 0 Å². The third-order valence-electron chi connectivity index (χ3n) is 3.57. The molecule has 2 heteroatoms. The lowest BCUT2D eigenvalue weighted by Gasteiger charge is -2.03. The minimum Gasteiger partial charge on any atom is -0.494 e. The molecule has 1 heterocycles. The van der Waals surface area contributed by atoms with Gasteiger partial charge in [-0.3, -0.25) is 0 Å². The predicted octanol–water partition coefficient (Wildman–Crippen LogP) is 4.85. The van der Waals surface area contributed by atoms with Crippen molar-refractivity contribution in [3.63, 3.8) is 0 Å². The molecule has 1 aromatic heterocycles. The van der Waals surface area contributed by atoms with Gasteiger partial charge in [-0.25, -0.2) is 0 Å². The summed E-state index contributed by atoms with van der Waals surface area (Å²) in [6.07, 6.45) is 0. The quantitative estimate of drug-likeness (QED) is 0.719. The molecule has 0 saturated heterocycles. The number of aryl methyl sites for hydroxylation is 2. The first-order chi connectivity index (χ1) is 9.67. The third-order valence-corrected chi connectivity index (χ3v) is 3.57. The first kappa shape index (κ1) is 12.8. The van der Waals surface area contributed by atoms with E-state index in [0.29, 0.717) is 6.61 Å². The zero-order valence-electron chi connectivity index (χ0n) is 12.2. The van der Waals surface area contributed by atoms with Crippen LogP contribution in [0.15, 0.2) is 42.5 Å². The van der Waals surface area contributed by atoms with E-state index >= 15 is 0 Å². The number of ether oxygens (including phenoxy) is 1. The van der Waals surface area contributed by atoms with Gasteiger partial charge >= 0.3 is 0 Å². The Labute approximate surface area is 119 Å². The van der Waals surface area contributed by atoms with Crippen molar-refractivity contribution < 1.29 is 4.74 Å². The second-order valence-corrected chi connectivity index (χ2v) is 5.18. The topological polar surface area (TPSA) is 25.0 Å². The highest BCUT2D eigenvalue weighted by Gasteiger charge is 2.06. The van der Waals surface area contributed by atoms with Crippen LogP contribution < -0.4 is 4.74 Å². The summed E-state index contributed by atoms with van der Waals surface area (Å²) in [5.74, 6) is 0.916. The highest BCUT2D eigenvalue weighted by atomic mass is 16.5. The van der Waals surface area contributed by atoms with Crippen LogP contribution in [0.2, 0.25) is 0 Å². The maximum absolute atomic E-state index is 5.48. The van der Waals surface area contributed by atoms with Crippen LogP contribution in [0.4, 0.5) is 0 Å². The van der Waals surface area contributed by atoms with Crippen LogP contribution in [0.3, 0.4) is 0 Å². The molecule has 2 aromatic carbocycles. The number of rotatable bonds is 3. The van der Waals surface area contributed by atoms with Gasteiger partial charge in [0.05, 0.1) is 6.61 Å². The van der Waals surface area contributed by atoms with Crippen LogP contribution in [-0.4, -0.2) is 11.6 Å². The fraction of sp³-hybridized carbons (Fsp3) is 0.222. The van der Waals surface area contributed by atoms with E-state index in [2.05, 4.69) is 49.2 Å². The summed E-state index contributed by atoms with van der Waals surface area (Å²) < 4.78 is 5.48. The number of fused-ring (bicyclic) bond motifs is 1. The summed E-state index contributed by atoms with van der Waals surface area (Å²) >= 11 is 0. The summed E-state index contributed by atoms with van der Waals surface area (Å²) in [5, 5.41) is 1.29. The Morgan fingerprint density at radius 2 is 1.75 bits per heavy atom. The molecule has 0 unspecified atom stereocenters. The van der Waals surface area contributed by atoms with Gasteiger partial charge in [0.15, 0.2) is 0 Å². The van der Waals surface area contributed by atoms with Gasteiger partial charge in [0.1, 0.15) is 5.75 Å². The van der Waals surface area contributed by atoms with Crippen LogP contribution in [0.1, 0.15) is 18.1 Å². The zero-order valence-corrected chi connectivity index (χ0v) is 12.2. The molecular formula is C18H19NO. The molecule has 20 heavy (non-hydrogen) atoms. The number of hydrogen-bond acceptors (Lipinski definition) is 1. The monoisotopic (exact) mass is 265 g/mol. The van der Waals surface area contributed by atoms with E-state index in [1.54, 1.807) is 0 Å². The average Bonchev–Trinajstić information content (AvgIpc) is 2.84. The predicted molar refractivity (Wildman–Crippen MR) is 84.4 cm³/mol. The van der Waals surface area contributed by atoms with Gasteiger partial charge in [-0.05, 0) is 73.9 Å². The van der Waals surface area contributed by atoms with E-state index in [1.165, 1.54) is 27.6 Å². The molecule has 0 aliphatic heterocycles. The third kappa shape index (κ3) is 2.29. The molecule has 0 spiro atoms. The number of hydrogen-bond donors (Lipinski definition) is 1. The second-order valence-electron chi connectivity index (χ2n) is 5.18. The molecule has 0 radical (unpaired) electrons. The molecule has 3 rings (SSSR count). The fourth-order valence-corrected chi connectivity index (χ4v) is 2.65. The lowest BCUT2D eigenvalue weighted by molar-refractivity contribution is 0.340. The summed E-state index contributed by atoms with van der Waals surface area (Å²) in [6.45, 7) is 6.98.